The van der Waals surface area contributed by atoms with Gasteiger partial charge in [-0.05, 0) is 12.5 Å². The monoisotopic (exact) mass is 273 g/mol. The quantitative estimate of drug-likeness (QED) is 0.346. The van der Waals surface area contributed by atoms with Crippen LogP contribution in [-0.4, -0.2) is 31.9 Å². The third kappa shape index (κ3) is 4.58. The van der Waals surface area contributed by atoms with Crippen molar-refractivity contribution in [2.24, 2.45) is 0 Å². The van der Waals surface area contributed by atoms with Crippen molar-refractivity contribution in [1.29, 1.82) is 0 Å². The summed E-state index contributed by atoms with van der Waals surface area (Å²) >= 11 is 0. The van der Waals surface area contributed by atoms with Gasteiger partial charge in [0, 0.05) is 24.9 Å². The molecule has 0 fully saturated rings. The Labute approximate surface area is 105 Å². The van der Waals surface area contributed by atoms with Crippen molar-refractivity contribution < 1.29 is 13.3 Å². The van der Waals surface area contributed by atoms with Crippen molar-refractivity contribution in [3.8, 4) is 0 Å². The van der Waals surface area contributed by atoms with Crippen LogP contribution in [0.4, 0.5) is 17.1 Å². The van der Waals surface area contributed by atoms with E-state index >= 15 is 0 Å². The van der Waals surface area contributed by atoms with E-state index in [-0.39, 0.29) is 17.1 Å². The number of rotatable bonds is 6. The van der Waals surface area contributed by atoms with Crippen molar-refractivity contribution in [2.45, 2.75) is 6.42 Å². The summed E-state index contributed by atoms with van der Waals surface area (Å²) < 4.78 is 21.8. The van der Waals surface area contributed by atoms with E-state index in [0.29, 0.717) is 18.7 Å². The summed E-state index contributed by atoms with van der Waals surface area (Å²) in [4.78, 5) is 9.97. The van der Waals surface area contributed by atoms with Gasteiger partial charge in [-0.1, -0.05) is 0 Å². The SMILES string of the molecule is CS(=O)(=O)CCCNc1ccc([N+](=O)[O-])cc1N. The summed E-state index contributed by atoms with van der Waals surface area (Å²) in [6.45, 7) is 0.440. The molecule has 1 aromatic carbocycles. The van der Waals surface area contributed by atoms with E-state index in [2.05, 4.69) is 5.32 Å². The maximum Gasteiger partial charge on any atom is 0.271 e. The van der Waals surface area contributed by atoms with E-state index in [4.69, 9.17) is 5.73 Å². The normalized spacial score (nSPS) is 11.2. The van der Waals surface area contributed by atoms with Crippen LogP contribution in [0.5, 0.6) is 0 Å². The number of nitrogen functional groups attached to an aromatic ring is 1. The molecule has 0 atom stereocenters. The molecule has 0 aliphatic carbocycles. The van der Waals surface area contributed by atoms with Gasteiger partial charge >= 0.3 is 0 Å². The molecule has 0 bridgehead atoms. The number of nitro benzene ring substituents is 1. The molecule has 0 aliphatic rings. The molecule has 0 saturated carbocycles. The Morgan fingerprint density at radius 3 is 2.61 bits per heavy atom. The molecule has 100 valence electrons. The Hall–Kier alpha value is -1.83. The second-order valence-electron chi connectivity index (χ2n) is 3.94. The van der Waals surface area contributed by atoms with Crippen molar-refractivity contribution in [3.05, 3.63) is 28.3 Å². The highest BCUT2D eigenvalue weighted by molar-refractivity contribution is 7.90. The van der Waals surface area contributed by atoms with Gasteiger partial charge in [-0.25, -0.2) is 8.42 Å². The molecule has 0 amide bonds. The Morgan fingerprint density at radius 1 is 1.44 bits per heavy atom. The van der Waals surface area contributed by atoms with Crippen LogP contribution in [0, 0.1) is 10.1 Å². The van der Waals surface area contributed by atoms with Crippen LogP contribution in [-0.2, 0) is 9.84 Å². The minimum Gasteiger partial charge on any atom is -0.397 e. The molecule has 3 N–H and O–H groups in total. The van der Waals surface area contributed by atoms with Gasteiger partial charge in [-0.2, -0.15) is 0 Å². The van der Waals surface area contributed by atoms with E-state index in [1.807, 2.05) is 0 Å². The highest BCUT2D eigenvalue weighted by atomic mass is 32.2. The van der Waals surface area contributed by atoms with Gasteiger partial charge in [0.1, 0.15) is 9.84 Å². The topological polar surface area (TPSA) is 115 Å². The Morgan fingerprint density at radius 2 is 2.11 bits per heavy atom. The van der Waals surface area contributed by atoms with Crippen molar-refractivity contribution >= 4 is 26.9 Å². The minimum atomic E-state index is -2.97. The Balaban J connectivity index is 2.56. The van der Waals surface area contributed by atoms with Crippen LogP contribution in [0.3, 0.4) is 0 Å². The van der Waals surface area contributed by atoms with Gasteiger partial charge in [0.25, 0.3) is 5.69 Å². The van der Waals surface area contributed by atoms with E-state index in [1.165, 1.54) is 24.5 Å². The molecular formula is C10H15N3O4S. The van der Waals surface area contributed by atoms with Crippen LogP contribution in [0.25, 0.3) is 0 Å². The Kier molecular flexibility index (Phi) is 4.49. The minimum absolute atomic E-state index is 0.0748. The first kappa shape index (κ1) is 14.2. The molecule has 1 aromatic rings. The number of nitrogens with zero attached hydrogens (tertiary/aromatic N) is 1. The summed E-state index contributed by atoms with van der Waals surface area (Å²) in [5, 5.41) is 13.4. The number of hydrogen-bond acceptors (Lipinski definition) is 6. The van der Waals surface area contributed by atoms with Crippen LogP contribution in [0.15, 0.2) is 18.2 Å². The third-order valence-corrected chi connectivity index (χ3v) is 3.28. The number of hydrogen-bond donors (Lipinski definition) is 2. The van der Waals surface area contributed by atoms with Gasteiger partial charge in [0.2, 0.25) is 0 Å². The number of nitrogens with one attached hydrogen (secondary N) is 1. The highest BCUT2D eigenvalue weighted by Crippen LogP contribution is 2.23. The molecule has 18 heavy (non-hydrogen) atoms. The smallest absolute Gasteiger partial charge is 0.271 e. The standard InChI is InChI=1S/C10H15N3O4S/c1-18(16,17)6-2-5-12-10-4-3-8(13(14)15)7-9(10)11/h3-4,7,12H,2,5-6,11H2,1H3. The third-order valence-electron chi connectivity index (χ3n) is 2.25. The predicted molar refractivity (Wildman–Crippen MR) is 70.3 cm³/mol. The molecule has 1 rings (SSSR count). The van der Waals surface area contributed by atoms with Gasteiger partial charge < -0.3 is 11.1 Å². The molecule has 0 aromatic heterocycles. The molecular weight excluding hydrogens is 258 g/mol. The molecule has 0 saturated heterocycles. The van der Waals surface area contributed by atoms with Crippen LogP contribution < -0.4 is 11.1 Å². The van der Waals surface area contributed by atoms with E-state index < -0.39 is 14.8 Å². The fraction of sp³-hybridized carbons (Fsp3) is 0.400. The van der Waals surface area contributed by atoms with Gasteiger partial charge in [0.15, 0.2) is 0 Å². The van der Waals surface area contributed by atoms with Gasteiger partial charge in [-0.15, -0.1) is 0 Å². The maximum absolute atomic E-state index is 10.9. The molecule has 8 heteroatoms. The average molecular weight is 273 g/mol. The fourth-order valence-electron chi connectivity index (χ4n) is 1.38. The molecule has 0 unspecified atom stereocenters. The highest BCUT2D eigenvalue weighted by Gasteiger charge is 2.08. The lowest BCUT2D eigenvalue weighted by Gasteiger charge is -2.08. The predicted octanol–water partition coefficient (Wildman–Crippen LogP) is 1.02. The second-order valence-corrected chi connectivity index (χ2v) is 6.20. The molecule has 0 spiro atoms. The maximum atomic E-state index is 10.9. The first-order chi connectivity index (χ1) is 8.29. The van der Waals surface area contributed by atoms with Crippen molar-refractivity contribution in [1.82, 2.24) is 0 Å². The molecule has 7 nitrogen and oxygen atoms in total. The van der Waals surface area contributed by atoms with Crippen LogP contribution in [0.1, 0.15) is 6.42 Å². The zero-order valence-corrected chi connectivity index (χ0v) is 10.7. The van der Waals surface area contributed by atoms with Crippen molar-refractivity contribution in [2.75, 3.05) is 29.6 Å². The second kappa shape index (κ2) is 5.67. The van der Waals surface area contributed by atoms with Crippen LogP contribution in [0.2, 0.25) is 0 Å². The fourth-order valence-corrected chi connectivity index (χ4v) is 2.05. The number of non-ortho nitro benzene ring substituents is 1. The lowest BCUT2D eigenvalue weighted by Crippen LogP contribution is -2.10. The number of nitro groups is 1. The molecule has 0 aliphatic heterocycles. The van der Waals surface area contributed by atoms with E-state index in [0.717, 1.165) is 0 Å². The number of anilines is 2. The van der Waals surface area contributed by atoms with Gasteiger partial charge in [-0.3, -0.25) is 10.1 Å². The number of sulfone groups is 1. The summed E-state index contributed by atoms with van der Waals surface area (Å²) in [6.07, 6.45) is 1.63. The van der Waals surface area contributed by atoms with E-state index in [9.17, 15) is 18.5 Å². The number of benzene rings is 1. The molecule has 0 radical (unpaired) electrons. The van der Waals surface area contributed by atoms with E-state index in [1.54, 1.807) is 0 Å². The largest absolute Gasteiger partial charge is 0.397 e. The lowest BCUT2D eigenvalue weighted by molar-refractivity contribution is -0.384. The summed E-state index contributed by atoms with van der Waals surface area (Å²) in [6, 6.07) is 4.11. The average Bonchev–Trinajstić information content (AvgIpc) is 2.24. The van der Waals surface area contributed by atoms with Gasteiger partial charge in [0.05, 0.1) is 22.1 Å². The molecule has 0 heterocycles. The summed E-state index contributed by atoms with van der Waals surface area (Å²) in [5.41, 5.74) is 6.40. The first-order valence-corrected chi connectivity index (χ1v) is 7.31. The zero-order chi connectivity index (χ0) is 13.8. The zero-order valence-electron chi connectivity index (χ0n) is 9.92. The lowest BCUT2D eigenvalue weighted by atomic mass is 10.2. The van der Waals surface area contributed by atoms with Crippen molar-refractivity contribution in [3.63, 3.8) is 0 Å². The first-order valence-electron chi connectivity index (χ1n) is 5.25. The number of nitrogens with two attached hydrogens (primary N) is 1. The summed E-state index contributed by atoms with van der Waals surface area (Å²) in [7, 11) is -2.97. The summed E-state index contributed by atoms with van der Waals surface area (Å²) in [5.74, 6) is 0.0902. The Bertz CT molecular complexity index is 542. The van der Waals surface area contributed by atoms with Crippen LogP contribution >= 0.6 is 0 Å².